The SMILES string of the molecule is CS(=O)(=O)Nc1c(Cl)ncnc1Cl. The molecule has 8 heteroatoms. The van der Waals surface area contributed by atoms with E-state index in [0.717, 1.165) is 12.6 Å². The van der Waals surface area contributed by atoms with Crippen LogP contribution in [0, 0.1) is 0 Å². The topological polar surface area (TPSA) is 72.0 Å². The first-order chi connectivity index (χ1) is 5.90. The molecule has 0 amide bonds. The van der Waals surface area contributed by atoms with Crippen LogP contribution in [-0.4, -0.2) is 24.6 Å². The number of nitrogens with one attached hydrogen (secondary N) is 1. The lowest BCUT2D eigenvalue weighted by molar-refractivity contribution is 0.606. The summed E-state index contributed by atoms with van der Waals surface area (Å²) in [5, 5.41) is -0.0733. The van der Waals surface area contributed by atoms with Crippen molar-refractivity contribution in [3.8, 4) is 0 Å². The maximum Gasteiger partial charge on any atom is 0.230 e. The van der Waals surface area contributed by atoms with Gasteiger partial charge in [0.25, 0.3) is 0 Å². The lowest BCUT2D eigenvalue weighted by Gasteiger charge is -2.05. The lowest BCUT2D eigenvalue weighted by atomic mass is 10.6. The molecule has 0 aliphatic heterocycles. The summed E-state index contributed by atoms with van der Waals surface area (Å²) in [6, 6.07) is 0. The Morgan fingerprint density at radius 3 is 2.15 bits per heavy atom. The molecule has 0 saturated carbocycles. The van der Waals surface area contributed by atoms with Crippen LogP contribution in [0.5, 0.6) is 0 Å². The molecule has 0 bridgehead atoms. The molecule has 0 spiro atoms. The Balaban J connectivity index is 3.15. The van der Waals surface area contributed by atoms with Gasteiger partial charge in [-0.2, -0.15) is 0 Å². The standard InChI is InChI=1S/C5H5Cl2N3O2S/c1-13(11,12)10-3-4(6)8-2-9-5(3)7/h2,10H,1H3. The van der Waals surface area contributed by atoms with E-state index in [0.29, 0.717) is 0 Å². The van der Waals surface area contributed by atoms with E-state index in [9.17, 15) is 8.42 Å². The van der Waals surface area contributed by atoms with Gasteiger partial charge in [0.05, 0.1) is 6.26 Å². The second kappa shape index (κ2) is 3.65. The summed E-state index contributed by atoms with van der Waals surface area (Å²) < 4.78 is 23.7. The van der Waals surface area contributed by atoms with Crippen molar-refractivity contribution in [3.63, 3.8) is 0 Å². The van der Waals surface area contributed by atoms with E-state index in [1.807, 2.05) is 0 Å². The molecular weight excluding hydrogens is 237 g/mol. The van der Waals surface area contributed by atoms with Gasteiger partial charge in [0, 0.05) is 0 Å². The zero-order valence-corrected chi connectivity index (χ0v) is 8.78. The summed E-state index contributed by atoms with van der Waals surface area (Å²) in [5.41, 5.74) is -0.00617. The fraction of sp³-hybridized carbons (Fsp3) is 0.200. The molecule has 5 nitrogen and oxygen atoms in total. The minimum atomic E-state index is -3.42. The van der Waals surface area contributed by atoms with Crippen molar-refractivity contribution in [2.75, 3.05) is 11.0 Å². The Morgan fingerprint density at radius 1 is 1.31 bits per heavy atom. The van der Waals surface area contributed by atoms with E-state index in [1.165, 1.54) is 0 Å². The van der Waals surface area contributed by atoms with Crippen LogP contribution in [-0.2, 0) is 10.0 Å². The quantitative estimate of drug-likeness (QED) is 0.789. The average Bonchev–Trinajstić information content (AvgIpc) is 1.95. The molecule has 13 heavy (non-hydrogen) atoms. The largest absolute Gasteiger partial charge is 0.278 e. The molecule has 1 aromatic rings. The number of aromatic nitrogens is 2. The summed E-state index contributed by atoms with van der Waals surface area (Å²) >= 11 is 11.1. The van der Waals surface area contributed by atoms with E-state index in [4.69, 9.17) is 23.2 Å². The predicted octanol–water partition coefficient (Wildman–Crippen LogP) is 1.15. The van der Waals surface area contributed by atoms with Gasteiger partial charge in [-0.1, -0.05) is 23.2 Å². The van der Waals surface area contributed by atoms with Gasteiger partial charge in [-0.05, 0) is 0 Å². The molecule has 0 unspecified atom stereocenters. The molecule has 0 fully saturated rings. The number of hydrogen-bond acceptors (Lipinski definition) is 4. The number of rotatable bonds is 2. The highest BCUT2D eigenvalue weighted by Gasteiger charge is 2.11. The zero-order chi connectivity index (χ0) is 10.1. The molecule has 0 atom stereocenters. The Kier molecular flexibility index (Phi) is 2.94. The van der Waals surface area contributed by atoms with Crippen molar-refractivity contribution in [1.29, 1.82) is 0 Å². The first-order valence-electron chi connectivity index (χ1n) is 3.04. The second-order valence-corrected chi connectivity index (χ2v) is 4.67. The van der Waals surface area contributed by atoms with E-state index < -0.39 is 10.0 Å². The summed E-state index contributed by atoms with van der Waals surface area (Å²) in [4.78, 5) is 7.13. The zero-order valence-electron chi connectivity index (χ0n) is 6.45. The maximum absolute atomic E-state index is 10.8. The normalized spacial score (nSPS) is 11.3. The molecule has 0 aliphatic carbocycles. The first kappa shape index (κ1) is 10.5. The molecule has 72 valence electrons. The van der Waals surface area contributed by atoms with Crippen LogP contribution in [0.1, 0.15) is 0 Å². The smallest absolute Gasteiger partial charge is 0.230 e. The van der Waals surface area contributed by atoms with Gasteiger partial charge in [0.2, 0.25) is 10.0 Å². The monoisotopic (exact) mass is 241 g/mol. The van der Waals surface area contributed by atoms with E-state index in [-0.39, 0.29) is 16.0 Å². The van der Waals surface area contributed by atoms with Gasteiger partial charge >= 0.3 is 0 Å². The number of anilines is 1. The minimum absolute atomic E-state index is 0.00617. The van der Waals surface area contributed by atoms with Crippen LogP contribution in [0.3, 0.4) is 0 Å². The summed E-state index contributed by atoms with van der Waals surface area (Å²) in [7, 11) is -3.42. The predicted molar refractivity (Wildman–Crippen MR) is 50.5 cm³/mol. The van der Waals surface area contributed by atoms with Gasteiger partial charge in [-0.15, -0.1) is 0 Å². The molecule has 0 aromatic carbocycles. The Hall–Kier alpha value is -0.590. The fourth-order valence-electron chi connectivity index (χ4n) is 0.614. The lowest BCUT2D eigenvalue weighted by Crippen LogP contribution is -2.11. The van der Waals surface area contributed by atoms with Crippen molar-refractivity contribution in [2.24, 2.45) is 0 Å². The number of nitrogens with zero attached hydrogens (tertiary/aromatic N) is 2. The van der Waals surface area contributed by atoms with Crippen molar-refractivity contribution in [2.45, 2.75) is 0 Å². The minimum Gasteiger partial charge on any atom is -0.278 e. The fourth-order valence-corrected chi connectivity index (χ4v) is 1.70. The van der Waals surface area contributed by atoms with Crippen molar-refractivity contribution < 1.29 is 8.42 Å². The second-order valence-electron chi connectivity index (χ2n) is 2.20. The van der Waals surface area contributed by atoms with Crippen LogP contribution < -0.4 is 4.72 Å². The third kappa shape index (κ3) is 2.98. The molecule has 1 aromatic heterocycles. The van der Waals surface area contributed by atoms with E-state index in [2.05, 4.69) is 14.7 Å². The molecule has 1 heterocycles. The highest BCUT2D eigenvalue weighted by atomic mass is 35.5. The van der Waals surface area contributed by atoms with Crippen LogP contribution in [0.4, 0.5) is 5.69 Å². The van der Waals surface area contributed by atoms with Crippen LogP contribution in [0.15, 0.2) is 6.33 Å². The van der Waals surface area contributed by atoms with Crippen molar-refractivity contribution >= 4 is 38.9 Å². The van der Waals surface area contributed by atoms with Crippen LogP contribution in [0.2, 0.25) is 10.3 Å². The Morgan fingerprint density at radius 2 is 1.77 bits per heavy atom. The third-order valence-corrected chi connectivity index (χ3v) is 2.19. The Bertz CT molecular complexity index is 400. The highest BCUT2D eigenvalue weighted by molar-refractivity contribution is 7.92. The number of sulfonamides is 1. The van der Waals surface area contributed by atoms with Gasteiger partial charge < -0.3 is 0 Å². The van der Waals surface area contributed by atoms with Gasteiger partial charge in [-0.3, -0.25) is 4.72 Å². The Labute approximate surface area is 85.2 Å². The highest BCUT2D eigenvalue weighted by Crippen LogP contribution is 2.26. The van der Waals surface area contributed by atoms with Crippen LogP contribution >= 0.6 is 23.2 Å². The number of hydrogen-bond donors (Lipinski definition) is 1. The molecule has 0 aliphatic rings. The molecule has 0 radical (unpaired) electrons. The summed E-state index contributed by atoms with van der Waals surface area (Å²) in [5.74, 6) is 0. The van der Waals surface area contributed by atoms with Crippen molar-refractivity contribution in [1.82, 2.24) is 9.97 Å². The van der Waals surface area contributed by atoms with Gasteiger partial charge in [0.1, 0.15) is 12.0 Å². The molecule has 1 rings (SSSR count). The first-order valence-corrected chi connectivity index (χ1v) is 5.68. The number of halogens is 2. The van der Waals surface area contributed by atoms with Crippen molar-refractivity contribution in [3.05, 3.63) is 16.6 Å². The van der Waals surface area contributed by atoms with Gasteiger partial charge in [0.15, 0.2) is 10.3 Å². The van der Waals surface area contributed by atoms with Gasteiger partial charge in [-0.25, -0.2) is 18.4 Å². The summed E-state index contributed by atoms with van der Waals surface area (Å²) in [6.07, 6.45) is 2.12. The van der Waals surface area contributed by atoms with E-state index in [1.54, 1.807) is 0 Å². The van der Waals surface area contributed by atoms with E-state index >= 15 is 0 Å². The molecule has 0 saturated heterocycles. The molecule has 1 N–H and O–H groups in total. The molecular formula is C5H5Cl2N3O2S. The maximum atomic E-state index is 10.8. The average molecular weight is 242 g/mol. The van der Waals surface area contributed by atoms with Crippen LogP contribution in [0.25, 0.3) is 0 Å². The summed E-state index contributed by atoms with van der Waals surface area (Å²) in [6.45, 7) is 0. The third-order valence-electron chi connectivity index (χ3n) is 1.04.